The van der Waals surface area contributed by atoms with Gasteiger partial charge in [-0.25, -0.2) is 4.79 Å². The molecule has 0 radical (unpaired) electrons. The Balaban J connectivity index is 1.46. The number of nitrogens with zero attached hydrogens (tertiary/aromatic N) is 1. The Morgan fingerprint density at radius 1 is 1.06 bits per heavy atom. The minimum absolute atomic E-state index is 0.0666. The minimum atomic E-state index is -0.551. The zero-order chi connectivity index (χ0) is 24.9. The van der Waals surface area contributed by atoms with Crippen LogP contribution in [-0.4, -0.2) is 35.0 Å². The van der Waals surface area contributed by atoms with Gasteiger partial charge in [-0.3, -0.25) is 9.59 Å². The number of halogens is 2. The van der Waals surface area contributed by atoms with E-state index in [1.165, 1.54) is 12.1 Å². The summed E-state index contributed by atoms with van der Waals surface area (Å²) in [6.07, 6.45) is 0. The van der Waals surface area contributed by atoms with Crippen LogP contribution >= 0.6 is 35.0 Å². The Kier molecular flexibility index (Phi) is 8.00. The number of thioether (sulfide) groups is 1. The zero-order valence-electron chi connectivity index (χ0n) is 18.8. The van der Waals surface area contributed by atoms with Crippen molar-refractivity contribution < 1.29 is 19.1 Å². The average Bonchev–Trinajstić information content (AvgIpc) is 3.21. The van der Waals surface area contributed by atoms with Gasteiger partial charge in [-0.2, -0.15) is 0 Å². The molecule has 2 amide bonds. The normalized spacial score (nSPS) is 15.2. The number of amides is 2. The molecule has 1 saturated heterocycles. The molecule has 6 nitrogen and oxygen atoms in total. The van der Waals surface area contributed by atoms with Crippen molar-refractivity contribution in [3.8, 4) is 0 Å². The van der Waals surface area contributed by atoms with Crippen molar-refractivity contribution in [2.75, 3.05) is 17.7 Å². The lowest BCUT2D eigenvalue weighted by atomic mass is 10.1. The first-order chi connectivity index (χ1) is 16.9. The maximum atomic E-state index is 12.8. The van der Waals surface area contributed by atoms with E-state index in [9.17, 15) is 14.4 Å². The predicted molar refractivity (Wildman–Crippen MR) is 139 cm³/mol. The van der Waals surface area contributed by atoms with Crippen molar-refractivity contribution in [1.29, 1.82) is 0 Å². The van der Waals surface area contributed by atoms with Crippen molar-refractivity contribution in [1.82, 2.24) is 4.90 Å². The molecule has 180 valence electrons. The number of benzene rings is 3. The van der Waals surface area contributed by atoms with Crippen LogP contribution in [0.3, 0.4) is 0 Å². The average molecular weight is 529 g/mol. The van der Waals surface area contributed by atoms with E-state index in [1.54, 1.807) is 36.9 Å². The SMILES string of the molecule is CCOC(=O)c1cc(NC(=O)c2ccc([C@H]3SCC(=O)N3Cc3ccc(Cl)cc3)cc2)ccc1Cl. The van der Waals surface area contributed by atoms with E-state index in [0.717, 1.165) is 11.1 Å². The number of rotatable bonds is 7. The van der Waals surface area contributed by atoms with Gasteiger partial charge in [0.2, 0.25) is 5.91 Å². The van der Waals surface area contributed by atoms with Crippen LogP contribution in [0.1, 0.15) is 44.1 Å². The molecule has 0 unspecified atom stereocenters. The van der Waals surface area contributed by atoms with Gasteiger partial charge in [0.15, 0.2) is 0 Å². The summed E-state index contributed by atoms with van der Waals surface area (Å²) in [4.78, 5) is 39.2. The first-order valence-corrected chi connectivity index (χ1v) is 12.7. The number of ether oxygens (including phenoxy) is 1. The van der Waals surface area contributed by atoms with Crippen molar-refractivity contribution in [3.63, 3.8) is 0 Å². The van der Waals surface area contributed by atoms with Gasteiger partial charge in [-0.05, 0) is 60.5 Å². The first kappa shape index (κ1) is 25.1. The number of hydrogen-bond acceptors (Lipinski definition) is 5. The fourth-order valence-electron chi connectivity index (χ4n) is 3.66. The lowest BCUT2D eigenvalue weighted by Crippen LogP contribution is -2.27. The Labute approximate surface area is 217 Å². The Morgan fingerprint density at radius 3 is 2.46 bits per heavy atom. The molecule has 9 heteroatoms. The van der Waals surface area contributed by atoms with Crippen LogP contribution < -0.4 is 5.32 Å². The van der Waals surface area contributed by atoms with Gasteiger partial charge in [0.25, 0.3) is 5.91 Å². The van der Waals surface area contributed by atoms with E-state index in [2.05, 4.69) is 5.32 Å². The molecule has 0 aromatic heterocycles. The molecular formula is C26H22Cl2N2O4S. The van der Waals surface area contributed by atoms with Crippen molar-refractivity contribution >= 4 is 58.4 Å². The number of nitrogens with one attached hydrogen (secondary N) is 1. The quantitative estimate of drug-likeness (QED) is 0.369. The fraction of sp³-hybridized carbons (Fsp3) is 0.192. The summed E-state index contributed by atoms with van der Waals surface area (Å²) < 4.78 is 5.00. The largest absolute Gasteiger partial charge is 0.462 e. The van der Waals surface area contributed by atoms with E-state index in [1.807, 2.05) is 41.3 Å². The van der Waals surface area contributed by atoms with Crippen LogP contribution in [0.15, 0.2) is 66.7 Å². The number of carbonyl (C=O) groups is 3. The van der Waals surface area contributed by atoms with Crippen LogP contribution in [0.5, 0.6) is 0 Å². The Bertz CT molecular complexity index is 1250. The van der Waals surface area contributed by atoms with Crippen LogP contribution in [0.4, 0.5) is 5.69 Å². The van der Waals surface area contributed by atoms with Crippen LogP contribution in [0.2, 0.25) is 10.0 Å². The third-order valence-corrected chi connectivity index (χ3v) is 7.25. The highest BCUT2D eigenvalue weighted by atomic mass is 35.5. The van der Waals surface area contributed by atoms with Gasteiger partial charge in [-0.15, -0.1) is 11.8 Å². The molecule has 0 saturated carbocycles. The number of carbonyl (C=O) groups excluding carboxylic acids is 3. The highest BCUT2D eigenvalue weighted by Gasteiger charge is 2.32. The molecule has 3 aromatic rings. The Hall–Kier alpha value is -3.00. The van der Waals surface area contributed by atoms with Crippen LogP contribution in [-0.2, 0) is 16.1 Å². The monoisotopic (exact) mass is 528 g/mol. The van der Waals surface area contributed by atoms with Crippen LogP contribution in [0.25, 0.3) is 0 Å². The third kappa shape index (κ3) is 5.99. The van der Waals surface area contributed by atoms with E-state index in [-0.39, 0.29) is 34.4 Å². The molecular weight excluding hydrogens is 507 g/mol. The molecule has 1 heterocycles. The molecule has 1 aliphatic heterocycles. The summed E-state index contributed by atoms with van der Waals surface area (Å²) in [5.74, 6) is -0.414. The molecule has 3 aromatic carbocycles. The van der Waals surface area contributed by atoms with E-state index < -0.39 is 5.97 Å². The summed E-state index contributed by atoms with van der Waals surface area (Å²) in [5.41, 5.74) is 2.99. The van der Waals surface area contributed by atoms with Gasteiger partial charge in [0.05, 0.1) is 22.9 Å². The molecule has 1 aliphatic rings. The van der Waals surface area contributed by atoms with E-state index in [0.29, 0.717) is 28.6 Å². The molecule has 35 heavy (non-hydrogen) atoms. The number of anilines is 1. The van der Waals surface area contributed by atoms with Crippen LogP contribution in [0, 0.1) is 0 Å². The van der Waals surface area contributed by atoms with Crippen molar-refractivity contribution in [3.05, 3.63) is 99.0 Å². The topological polar surface area (TPSA) is 75.7 Å². The fourth-order valence-corrected chi connectivity index (χ4v) is 5.17. The predicted octanol–water partition coefficient (Wildman–Crippen LogP) is 6.20. The molecule has 0 spiro atoms. The summed E-state index contributed by atoms with van der Waals surface area (Å²) >= 11 is 13.6. The highest BCUT2D eigenvalue weighted by molar-refractivity contribution is 8.00. The molecule has 1 fully saturated rings. The van der Waals surface area contributed by atoms with Gasteiger partial charge >= 0.3 is 5.97 Å². The molecule has 1 atom stereocenters. The third-order valence-electron chi connectivity index (χ3n) is 5.41. The minimum Gasteiger partial charge on any atom is -0.462 e. The summed E-state index contributed by atoms with van der Waals surface area (Å²) in [6.45, 7) is 2.41. The van der Waals surface area contributed by atoms with Crippen molar-refractivity contribution in [2.45, 2.75) is 18.8 Å². The van der Waals surface area contributed by atoms with Gasteiger partial charge in [-0.1, -0.05) is 47.5 Å². The lowest BCUT2D eigenvalue weighted by molar-refractivity contribution is -0.128. The maximum Gasteiger partial charge on any atom is 0.339 e. The maximum absolute atomic E-state index is 12.8. The Morgan fingerprint density at radius 2 is 1.77 bits per heavy atom. The lowest BCUT2D eigenvalue weighted by Gasteiger charge is -2.24. The smallest absolute Gasteiger partial charge is 0.339 e. The van der Waals surface area contributed by atoms with Gasteiger partial charge < -0.3 is 15.0 Å². The van der Waals surface area contributed by atoms with E-state index >= 15 is 0 Å². The van der Waals surface area contributed by atoms with E-state index in [4.69, 9.17) is 27.9 Å². The van der Waals surface area contributed by atoms with Crippen molar-refractivity contribution in [2.24, 2.45) is 0 Å². The zero-order valence-corrected chi connectivity index (χ0v) is 21.1. The van der Waals surface area contributed by atoms with Gasteiger partial charge in [0, 0.05) is 22.8 Å². The second-order valence-corrected chi connectivity index (χ2v) is 9.71. The second kappa shape index (κ2) is 11.2. The number of hydrogen-bond donors (Lipinski definition) is 1. The first-order valence-electron chi connectivity index (χ1n) is 10.9. The summed E-state index contributed by atoms with van der Waals surface area (Å²) in [7, 11) is 0. The standard InChI is InChI=1S/C26H22Cl2N2O4S/c1-2-34-26(33)21-13-20(11-12-22(21)28)29-24(32)17-5-7-18(8-6-17)25-30(23(31)15-35-25)14-16-3-9-19(27)10-4-16/h3-13,25H,2,14-15H2,1H3,(H,29,32)/t25-/m1/s1. The molecule has 1 N–H and O–H groups in total. The van der Waals surface area contributed by atoms with Gasteiger partial charge in [0.1, 0.15) is 5.37 Å². The molecule has 0 aliphatic carbocycles. The molecule has 4 rings (SSSR count). The summed E-state index contributed by atoms with van der Waals surface area (Å²) in [5, 5.41) is 3.54. The highest BCUT2D eigenvalue weighted by Crippen LogP contribution is 2.39. The summed E-state index contributed by atoms with van der Waals surface area (Å²) in [6, 6.07) is 19.2. The number of esters is 1. The second-order valence-electron chi connectivity index (χ2n) is 7.80. The molecule has 0 bridgehead atoms.